The first-order chi connectivity index (χ1) is 4.88. The second-order valence-corrected chi connectivity index (χ2v) is 3.12. The van der Waals surface area contributed by atoms with Crippen molar-refractivity contribution in [2.24, 2.45) is 0 Å². The lowest BCUT2D eigenvalue weighted by Gasteiger charge is -2.56. The van der Waals surface area contributed by atoms with Gasteiger partial charge in [-0.3, -0.25) is 0 Å². The van der Waals surface area contributed by atoms with Crippen LogP contribution in [0.25, 0.3) is 0 Å². The number of rotatable bonds is 1. The lowest BCUT2D eigenvalue weighted by atomic mass is 9.62. The minimum Gasteiger partial charge on any atom is -0.393 e. The largest absolute Gasteiger partial charge is 0.393 e. The molecule has 0 spiro atoms. The van der Waals surface area contributed by atoms with Gasteiger partial charge < -0.3 is 25.5 Å². The zero-order chi connectivity index (χ0) is 8.86. The Morgan fingerprint density at radius 1 is 1.18 bits per heavy atom. The number of hydrogen-bond donors (Lipinski definition) is 5. The molecule has 66 valence electrons. The van der Waals surface area contributed by atoms with Gasteiger partial charge in [-0.15, -0.1) is 0 Å². The fraction of sp³-hybridized carbons (Fsp3) is 1.00. The van der Waals surface area contributed by atoms with E-state index in [-0.39, 0.29) is 0 Å². The highest BCUT2D eigenvalue weighted by atomic mass is 16.5. The highest BCUT2D eigenvalue weighted by Gasteiger charge is 2.68. The third-order valence-corrected chi connectivity index (χ3v) is 2.48. The van der Waals surface area contributed by atoms with Crippen molar-refractivity contribution in [2.45, 2.75) is 30.3 Å². The summed E-state index contributed by atoms with van der Waals surface area (Å²) in [6, 6.07) is 0. The molecule has 5 nitrogen and oxygen atoms in total. The van der Waals surface area contributed by atoms with Gasteiger partial charge in [-0.2, -0.15) is 0 Å². The van der Waals surface area contributed by atoms with Crippen LogP contribution in [-0.2, 0) is 0 Å². The maximum atomic E-state index is 9.28. The molecule has 1 rings (SSSR count). The lowest BCUT2D eigenvalue weighted by molar-refractivity contribution is -0.343. The summed E-state index contributed by atoms with van der Waals surface area (Å²) in [6.45, 7) is 0.374. The van der Waals surface area contributed by atoms with Crippen LogP contribution >= 0.6 is 0 Å². The predicted molar refractivity (Wildman–Crippen MR) is 34.7 cm³/mol. The van der Waals surface area contributed by atoms with Crippen molar-refractivity contribution < 1.29 is 25.5 Å². The monoisotopic (exact) mass is 164 g/mol. The summed E-state index contributed by atoms with van der Waals surface area (Å²) in [7, 11) is 0. The second kappa shape index (κ2) is 2.15. The van der Waals surface area contributed by atoms with Gasteiger partial charge in [0.25, 0.3) is 0 Å². The van der Waals surface area contributed by atoms with Gasteiger partial charge in [-0.05, 0) is 6.92 Å². The Morgan fingerprint density at radius 2 is 1.64 bits per heavy atom. The molecule has 0 aliphatic heterocycles. The molecule has 0 amide bonds. The SMILES string of the molecule is C[C@@]1(O)[C@H](O)[C@H](O)[C@]1(O)CO. The van der Waals surface area contributed by atoms with E-state index < -0.39 is 30.0 Å². The molecule has 1 aliphatic carbocycles. The predicted octanol–water partition coefficient (Wildman–Crippen LogP) is -2.80. The summed E-state index contributed by atoms with van der Waals surface area (Å²) >= 11 is 0. The fourth-order valence-electron chi connectivity index (χ4n) is 1.28. The Bertz CT molecular complexity index is 168. The first-order valence-electron chi connectivity index (χ1n) is 3.29. The second-order valence-electron chi connectivity index (χ2n) is 3.12. The van der Waals surface area contributed by atoms with Gasteiger partial charge in [0.05, 0.1) is 6.61 Å². The van der Waals surface area contributed by atoms with Crippen LogP contribution in [0.15, 0.2) is 0 Å². The lowest BCUT2D eigenvalue weighted by Crippen LogP contribution is -2.82. The first-order valence-corrected chi connectivity index (χ1v) is 3.29. The van der Waals surface area contributed by atoms with Gasteiger partial charge in [0.1, 0.15) is 23.4 Å². The maximum absolute atomic E-state index is 9.28. The Morgan fingerprint density at radius 3 is 1.82 bits per heavy atom. The average molecular weight is 164 g/mol. The van der Waals surface area contributed by atoms with Gasteiger partial charge >= 0.3 is 0 Å². The van der Waals surface area contributed by atoms with E-state index in [0.717, 1.165) is 6.92 Å². The Balaban J connectivity index is 2.84. The molecule has 5 N–H and O–H groups in total. The van der Waals surface area contributed by atoms with E-state index in [2.05, 4.69) is 0 Å². The van der Waals surface area contributed by atoms with Crippen LogP contribution in [0.2, 0.25) is 0 Å². The Hall–Kier alpha value is -0.200. The van der Waals surface area contributed by atoms with Gasteiger partial charge in [-0.25, -0.2) is 0 Å². The third kappa shape index (κ3) is 0.771. The summed E-state index contributed by atoms with van der Waals surface area (Å²) in [5.41, 5.74) is -3.83. The van der Waals surface area contributed by atoms with Crippen LogP contribution < -0.4 is 0 Å². The van der Waals surface area contributed by atoms with Crippen LogP contribution in [0.4, 0.5) is 0 Å². The number of aliphatic hydroxyl groups is 5. The molecule has 11 heavy (non-hydrogen) atoms. The Labute approximate surface area is 63.5 Å². The zero-order valence-electron chi connectivity index (χ0n) is 6.10. The molecular weight excluding hydrogens is 152 g/mol. The Kier molecular flexibility index (Phi) is 1.74. The molecule has 0 saturated heterocycles. The molecule has 0 aromatic heterocycles. The van der Waals surface area contributed by atoms with Gasteiger partial charge in [-0.1, -0.05) is 0 Å². The van der Waals surface area contributed by atoms with E-state index in [1.165, 1.54) is 0 Å². The van der Waals surface area contributed by atoms with Crippen molar-refractivity contribution in [3.63, 3.8) is 0 Å². The zero-order valence-corrected chi connectivity index (χ0v) is 6.10. The summed E-state index contributed by atoms with van der Waals surface area (Å²) in [5.74, 6) is 0. The molecule has 1 fully saturated rings. The molecule has 0 bridgehead atoms. The fourth-order valence-corrected chi connectivity index (χ4v) is 1.28. The molecule has 1 aliphatic rings. The van der Waals surface area contributed by atoms with Crippen molar-refractivity contribution in [3.05, 3.63) is 0 Å². The minimum absolute atomic E-state index is 0.780. The standard InChI is InChI=1S/C6H12O5/c1-5(10)3(8)4(9)6(5,11)2-7/h3-4,7-11H,2H2,1H3/t3-,4+,5-,6-/m1/s1. The van der Waals surface area contributed by atoms with Crippen LogP contribution in [-0.4, -0.2) is 55.5 Å². The van der Waals surface area contributed by atoms with E-state index in [4.69, 9.17) is 15.3 Å². The normalized spacial score (nSPS) is 57.3. The molecular formula is C6H12O5. The van der Waals surface area contributed by atoms with Crippen LogP contribution in [0.1, 0.15) is 6.92 Å². The molecule has 5 heteroatoms. The van der Waals surface area contributed by atoms with Crippen molar-refractivity contribution in [3.8, 4) is 0 Å². The van der Waals surface area contributed by atoms with Crippen molar-refractivity contribution >= 4 is 0 Å². The molecule has 0 aromatic carbocycles. The van der Waals surface area contributed by atoms with Crippen molar-refractivity contribution in [1.29, 1.82) is 0 Å². The van der Waals surface area contributed by atoms with Gasteiger partial charge in [0.15, 0.2) is 0 Å². The van der Waals surface area contributed by atoms with E-state index in [1.54, 1.807) is 0 Å². The van der Waals surface area contributed by atoms with Gasteiger partial charge in [0, 0.05) is 0 Å². The average Bonchev–Trinajstić information content (AvgIpc) is 2.00. The van der Waals surface area contributed by atoms with E-state index in [9.17, 15) is 10.2 Å². The summed E-state index contributed by atoms with van der Waals surface area (Å²) in [6.07, 6.45) is -2.89. The topological polar surface area (TPSA) is 101 Å². The molecule has 1 saturated carbocycles. The van der Waals surface area contributed by atoms with Crippen LogP contribution in [0.5, 0.6) is 0 Å². The first kappa shape index (κ1) is 8.89. The number of aliphatic hydroxyl groups excluding tert-OH is 3. The third-order valence-electron chi connectivity index (χ3n) is 2.48. The molecule has 0 aromatic rings. The van der Waals surface area contributed by atoms with E-state index in [1.807, 2.05) is 0 Å². The maximum Gasteiger partial charge on any atom is 0.147 e. The van der Waals surface area contributed by atoms with Gasteiger partial charge in [0.2, 0.25) is 0 Å². The molecule has 0 heterocycles. The molecule has 4 atom stereocenters. The summed E-state index contributed by atoms with van der Waals surface area (Å²) < 4.78 is 0. The van der Waals surface area contributed by atoms with Crippen molar-refractivity contribution in [2.75, 3.05) is 6.61 Å². The van der Waals surface area contributed by atoms with E-state index in [0.29, 0.717) is 0 Å². The van der Waals surface area contributed by atoms with Crippen molar-refractivity contribution in [1.82, 2.24) is 0 Å². The number of hydrogen-bond acceptors (Lipinski definition) is 5. The molecule has 0 radical (unpaired) electrons. The minimum atomic E-state index is -1.99. The quantitative estimate of drug-likeness (QED) is 0.288. The molecule has 0 unspecified atom stereocenters. The highest BCUT2D eigenvalue weighted by Crippen LogP contribution is 2.42. The van der Waals surface area contributed by atoms with E-state index >= 15 is 0 Å². The van der Waals surface area contributed by atoms with Crippen LogP contribution in [0, 0.1) is 0 Å². The highest BCUT2D eigenvalue weighted by molar-refractivity contribution is 5.19. The van der Waals surface area contributed by atoms with Crippen LogP contribution in [0.3, 0.4) is 0 Å². The summed E-state index contributed by atoms with van der Waals surface area (Å²) in [4.78, 5) is 0. The summed E-state index contributed by atoms with van der Waals surface area (Å²) in [5, 5.41) is 45.0. The smallest absolute Gasteiger partial charge is 0.147 e.